The second-order valence-electron chi connectivity index (χ2n) is 2.96. The Morgan fingerprint density at radius 1 is 1.31 bits per heavy atom. The summed E-state index contributed by atoms with van der Waals surface area (Å²) < 4.78 is 25.2. The van der Waals surface area contributed by atoms with Crippen molar-refractivity contribution < 1.29 is 8.78 Å². The molecule has 0 heterocycles. The van der Waals surface area contributed by atoms with Gasteiger partial charge in [0, 0.05) is 5.38 Å². The van der Waals surface area contributed by atoms with E-state index in [4.69, 9.17) is 11.6 Å². The molecule has 0 aliphatic heterocycles. The van der Waals surface area contributed by atoms with Crippen molar-refractivity contribution in [3.63, 3.8) is 0 Å². The van der Waals surface area contributed by atoms with E-state index in [0.29, 0.717) is 6.42 Å². The molecule has 0 aliphatic rings. The van der Waals surface area contributed by atoms with E-state index in [0.717, 1.165) is 18.1 Å². The quantitative estimate of drug-likeness (QED) is 0.661. The molecule has 13 heavy (non-hydrogen) atoms. The Labute approximate surface area is 81.5 Å². The Morgan fingerprint density at radius 3 is 2.54 bits per heavy atom. The highest BCUT2D eigenvalue weighted by Crippen LogP contribution is 2.14. The molecule has 0 saturated heterocycles. The van der Waals surface area contributed by atoms with E-state index in [-0.39, 0.29) is 5.38 Å². The number of hydrogen-bond donors (Lipinski definition) is 0. The first-order valence-electron chi connectivity index (χ1n) is 4.21. The van der Waals surface area contributed by atoms with E-state index in [1.54, 1.807) is 6.07 Å². The van der Waals surface area contributed by atoms with Gasteiger partial charge in [-0.1, -0.05) is 13.0 Å². The van der Waals surface area contributed by atoms with Gasteiger partial charge >= 0.3 is 0 Å². The largest absolute Gasteiger partial charge is 0.204 e. The molecule has 0 aromatic heterocycles. The Morgan fingerprint density at radius 2 is 2.00 bits per heavy atom. The number of alkyl halides is 1. The molecule has 0 aliphatic carbocycles. The summed E-state index contributed by atoms with van der Waals surface area (Å²) >= 11 is 5.88. The third-order valence-corrected chi connectivity index (χ3v) is 2.35. The third-order valence-electron chi connectivity index (χ3n) is 1.88. The van der Waals surface area contributed by atoms with Crippen LogP contribution in [0.1, 0.15) is 18.9 Å². The van der Waals surface area contributed by atoms with E-state index in [2.05, 4.69) is 0 Å². The van der Waals surface area contributed by atoms with E-state index in [9.17, 15) is 8.78 Å². The van der Waals surface area contributed by atoms with Gasteiger partial charge in [0.2, 0.25) is 0 Å². The zero-order valence-corrected chi connectivity index (χ0v) is 8.11. The zero-order valence-electron chi connectivity index (χ0n) is 7.36. The van der Waals surface area contributed by atoms with Gasteiger partial charge in [0.1, 0.15) is 0 Å². The van der Waals surface area contributed by atoms with E-state index >= 15 is 0 Å². The van der Waals surface area contributed by atoms with Gasteiger partial charge in [-0.2, -0.15) is 0 Å². The SMILES string of the molecule is CCC(Cl)Cc1ccc(F)c(F)c1. The summed E-state index contributed by atoms with van der Waals surface area (Å²) in [6.07, 6.45) is 1.40. The van der Waals surface area contributed by atoms with Crippen LogP contribution in [-0.4, -0.2) is 5.38 Å². The highest BCUT2D eigenvalue weighted by atomic mass is 35.5. The molecule has 0 amide bonds. The molecule has 1 unspecified atom stereocenters. The van der Waals surface area contributed by atoms with Crippen molar-refractivity contribution in [3.05, 3.63) is 35.4 Å². The van der Waals surface area contributed by atoms with Crippen molar-refractivity contribution in [1.29, 1.82) is 0 Å². The Balaban J connectivity index is 2.73. The molecule has 0 spiro atoms. The molecular weight excluding hydrogens is 194 g/mol. The van der Waals surface area contributed by atoms with Crippen LogP contribution in [-0.2, 0) is 6.42 Å². The lowest BCUT2D eigenvalue weighted by atomic mass is 10.1. The Bertz CT molecular complexity index is 286. The standard InChI is InChI=1S/C10H11ClF2/c1-2-8(11)5-7-3-4-9(12)10(13)6-7/h3-4,6,8H,2,5H2,1H3. The fraction of sp³-hybridized carbons (Fsp3) is 0.400. The van der Waals surface area contributed by atoms with Gasteiger partial charge in [0.15, 0.2) is 11.6 Å². The number of rotatable bonds is 3. The minimum absolute atomic E-state index is 0.00939. The minimum atomic E-state index is -0.814. The van der Waals surface area contributed by atoms with Gasteiger partial charge in [0.25, 0.3) is 0 Å². The van der Waals surface area contributed by atoms with Crippen LogP contribution in [0.4, 0.5) is 8.78 Å². The first kappa shape index (κ1) is 10.5. The average Bonchev–Trinajstić information content (AvgIpc) is 2.11. The van der Waals surface area contributed by atoms with Crippen molar-refractivity contribution >= 4 is 11.6 Å². The maximum Gasteiger partial charge on any atom is 0.159 e. The first-order chi connectivity index (χ1) is 6.13. The lowest BCUT2D eigenvalue weighted by Gasteiger charge is -2.06. The van der Waals surface area contributed by atoms with E-state index < -0.39 is 11.6 Å². The van der Waals surface area contributed by atoms with Crippen LogP contribution < -0.4 is 0 Å². The lowest BCUT2D eigenvalue weighted by molar-refractivity contribution is 0.507. The van der Waals surface area contributed by atoms with Crippen LogP contribution in [0.15, 0.2) is 18.2 Å². The van der Waals surface area contributed by atoms with Crippen molar-refractivity contribution in [2.75, 3.05) is 0 Å². The van der Waals surface area contributed by atoms with Crippen molar-refractivity contribution in [3.8, 4) is 0 Å². The fourth-order valence-electron chi connectivity index (χ4n) is 1.07. The predicted molar refractivity (Wildman–Crippen MR) is 50.0 cm³/mol. The van der Waals surface area contributed by atoms with E-state index in [1.165, 1.54) is 6.07 Å². The number of halogens is 3. The molecule has 3 heteroatoms. The summed E-state index contributed by atoms with van der Waals surface area (Å²) in [5.41, 5.74) is 0.737. The Kier molecular flexibility index (Phi) is 3.67. The summed E-state index contributed by atoms with van der Waals surface area (Å²) in [5.74, 6) is -1.62. The second-order valence-corrected chi connectivity index (χ2v) is 3.58. The lowest BCUT2D eigenvalue weighted by Crippen LogP contribution is -2.01. The molecule has 1 aromatic carbocycles. The second kappa shape index (κ2) is 4.56. The highest BCUT2D eigenvalue weighted by Gasteiger charge is 2.06. The van der Waals surface area contributed by atoms with Gasteiger partial charge in [-0.15, -0.1) is 11.6 Å². The summed E-state index contributed by atoms with van der Waals surface area (Å²) in [4.78, 5) is 0. The average molecular weight is 205 g/mol. The zero-order chi connectivity index (χ0) is 9.84. The monoisotopic (exact) mass is 204 g/mol. The predicted octanol–water partition coefficient (Wildman–Crippen LogP) is 3.52. The maximum absolute atomic E-state index is 12.7. The van der Waals surface area contributed by atoms with E-state index in [1.807, 2.05) is 6.92 Å². The molecule has 72 valence electrons. The van der Waals surface area contributed by atoms with Crippen LogP contribution >= 0.6 is 11.6 Å². The molecule has 0 saturated carbocycles. The summed E-state index contributed by atoms with van der Waals surface area (Å²) in [6, 6.07) is 3.88. The van der Waals surface area contributed by atoms with Crippen LogP contribution in [0.25, 0.3) is 0 Å². The highest BCUT2D eigenvalue weighted by molar-refractivity contribution is 6.20. The van der Waals surface area contributed by atoms with Crippen molar-refractivity contribution in [2.45, 2.75) is 25.1 Å². The molecule has 1 aromatic rings. The molecule has 0 bridgehead atoms. The molecule has 1 rings (SSSR count). The smallest absolute Gasteiger partial charge is 0.159 e. The van der Waals surface area contributed by atoms with Crippen LogP contribution in [0, 0.1) is 11.6 Å². The number of hydrogen-bond acceptors (Lipinski definition) is 0. The molecular formula is C10H11ClF2. The van der Waals surface area contributed by atoms with Gasteiger partial charge in [0.05, 0.1) is 0 Å². The van der Waals surface area contributed by atoms with Gasteiger partial charge in [-0.05, 0) is 30.5 Å². The molecule has 0 N–H and O–H groups in total. The normalized spacial score (nSPS) is 12.9. The Hall–Kier alpha value is -0.630. The van der Waals surface area contributed by atoms with Gasteiger partial charge < -0.3 is 0 Å². The molecule has 0 fully saturated rings. The topological polar surface area (TPSA) is 0 Å². The van der Waals surface area contributed by atoms with Gasteiger partial charge in [-0.25, -0.2) is 8.78 Å². The maximum atomic E-state index is 12.7. The van der Waals surface area contributed by atoms with Crippen molar-refractivity contribution in [2.24, 2.45) is 0 Å². The number of benzene rings is 1. The van der Waals surface area contributed by atoms with Crippen LogP contribution in [0.3, 0.4) is 0 Å². The van der Waals surface area contributed by atoms with Crippen LogP contribution in [0.2, 0.25) is 0 Å². The first-order valence-corrected chi connectivity index (χ1v) is 4.65. The minimum Gasteiger partial charge on any atom is -0.204 e. The molecule has 1 atom stereocenters. The van der Waals surface area contributed by atoms with Crippen molar-refractivity contribution in [1.82, 2.24) is 0 Å². The summed E-state index contributed by atoms with van der Waals surface area (Å²) in [5, 5.41) is -0.00939. The molecule has 0 nitrogen and oxygen atoms in total. The summed E-state index contributed by atoms with van der Waals surface area (Å²) in [7, 11) is 0. The van der Waals surface area contributed by atoms with Crippen LogP contribution in [0.5, 0.6) is 0 Å². The summed E-state index contributed by atoms with van der Waals surface area (Å²) in [6.45, 7) is 1.96. The fourth-order valence-corrected chi connectivity index (χ4v) is 1.24. The van der Waals surface area contributed by atoms with Gasteiger partial charge in [-0.3, -0.25) is 0 Å². The third kappa shape index (κ3) is 2.96. The molecule has 0 radical (unpaired) electrons.